The number of nitrogens with zero attached hydrogens (tertiary/aromatic N) is 1. The predicted molar refractivity (Wildman–Crippen MR) is 66.6 cm³/mol. The van der Waals surface area contributed by atoms with Crippen LogP contribution in [-0.2, 0) is 6.42 Å². The summed E-state index contributed by atoms with van der Waals surface area (Å²) in [4.78, 5) is 0. The van der Waals surface area contributed by atoms with Crippen LogP contribution in [0.2, 0.25) is 0 Å². The van der Waals surface area contributed by atoms with Gasteiger partial charge in [0.05, 0.1) is 12.5 Å². The van der Waals surface area contributed by atoms with E-state index in [4.69, 9.17) is 15.7 Å². The molecule has 0 aliphatic carbocycles. The Bertz CT molecular complexity index is 650. The molecular formula is C14H10F2N2O. The van der Waals surface area contributed by atoms with Gasteiger partial charge < -0.3 is 10.5 Å². The van der Waals surface area contributed by atoms with Crippen molar-refractivity contribution in [3.05, 3.63) is 53.6 Å². The van der Waals surface area contributed by atoms with Gasteiger partial charge in [-0.15, -0.1) is 0 Å². The Kier molecular flexibility index (Phi) is 3.62. The van der Waals surface area contributed by atoms with Gasteiger partial charge in [-0.05, 0) is 35.9 Å². The number of hydrogen-bond acceptors (Lipinski definition) is 3. The van der Waals surface area contributed by atoms with Crippen molar-refractivity contribution in [3.8, 4) is 17.6 Å². The van der Waals surface area contributed by atoms with Gasteiger partial charge in [0.15, 0.2) is 11.6 Å². The summed E-state index contributed by atoms with van der Waals surface area (Å²) in [5.41, 5.74) is 6.81. The average Bonchev–Trinajstić information content (AvgIpc) is 2.38. The Morgan fingerprint density at radius 1 is 1.05 bits per heavy atom. The maximum absolute atomic E-state index is 13.0. The molecule has 0 unspecified atom stereocenters. The Hall–Kier alpha value is -2.61. The molecular weight excluding hydrogens is 250 g/mol. The first-order chi connectivity index (χ1) is 9.10. The van der Waals surface area contributed by atoms with E-state index in [1.165, 1.54) is 6.07 Å². The van der Waals surface area contributed by atoms with E-state index in [2.05, 4.69) is 0 Å². The summed E-state index contributed by atoms with van der Waals surface area (Å²) in [7, 11) is 0. The first kappa shape index (κ1) is 12.8. The van der Waals surface area contributed by atoms with Crippen molar-refractivity contribution in [3.63, 3.8) is 0 Å². The standard InChI is InChI=1S/C14H10F2N2O/c15-12-3-1-11(8-13(12)16)19-10-2-4-14(18)9(7-10)5-6-17/h1-4,7-8H,5,18H2. The zero-order chi connectivity index (χ0) is 13.8. The topological polar surface area (TPSA) is 59.0 Å². The summed E-state index contributed by atoms with van der Waals surface area (Å²) in [5.74, 6) is -1.34. The van der Waals surface area contributed by atoms with Crippen molar-refractivity contribution in [2.24, 2.45) is 0 Å². The van der Waals surface area contributed by atoms with Gasteiger partial charge in [-0.1, -0.05) is 0 Å². The highest BCUT2D eigenvalue weighted by molar-refractivity contribution is 5.52. The molecule has 96 valence electrons. The molecule has 0 atom stereocenters. The predicted octanol–water partition coefficient (Wildman–Crippen LogP) is 3.41. The Morgan fingerprint density at radius 2 is 1.74 bits per heavy atom. The molecule has 2 rings (SSSR count). The van der Waals surface area contributed by atoms with Crippen LogP contribution in [0.4, 0.5) is 14.5 Å². The number of anilines is 1. The van der Waals surface area contributed by atoms with Crippen LogP contribution >= 0.6 is 0 Å². The molecule has 5 heteroatoms. The third-order valence-electron chi connectivity index (χ3n) is 2.51. The highest BCUT2D eigenvalue weighted by Crippen LogP contribution is 2.26. The second-order valence-corrected chi connectivity index (χ2v) is 3.87. The number of halogens is 2. The van der Waals surface area contributed by atoms with Crippen LogP contribution in [0.1, 0.15) is 5.56 Å². The van der Waals surface area contributed by atoms with Crippen LogP contribution in [0.25, 0.3) is 0 Å². The first-order valence-corrected chi connectivity index (χ1v) is 5.48. The zero-order valence-corrected chi connectivity index (χ0v) is 9.86. The molecule has 0 spiro atoms. The highest BCUT2D eigenvalue weighted by atomic mass is 19.2. The summed E-state index contributed by atoms with van der Waals surface area (Å²) >= 11 is 0. The summed E-state index contributed by atoms with van der Waals surface area (Å²) in [6.45, 7) is 0. The highest BCUT2D eigenvalue weighted by Gasteiger charge is 2.06. The van der Waals surface area contributed by atoms with E-state index in [9.17, 15) is 8.78 Å². The van der Waals surface area contributed by atoms with Gasteiger partial charge in [0.2, 0.25) is 0 Å². The second-order valence-electron chi connectivity index (χ2n) is 3.87. The van der Waals surface area contributed by atoms with Gasteiger partial charge in [-0.25, -0.2) is 8.78 Å². The first-order valence-electron chi connectivity index (χ1n) is 5.48. The molecule has 0 aliphatic rings. The van der Waals surface area contributed by atoms with Crippen LogP contribution in [0.3, 0.4) is 0 Å². The minimum absolute atomic E-state index is 0.154. The largest absolute Gasteiger partial charge is 0.457 e. The van der Waals surface area contributed by atoms with Crippen molar-refractivity contribution in [2.45, 2.75) is 6.42 Å². The summed E-state index contributed by atoms with van der Waals surface area (Å²) < 4.78 is 31.2. The Balaban J connectivity index is 2.25. The molecule has 0 radical (unpaired) electrons. The summed E-state index contributed by atoms with van der Waals surface area (Å²) in [6.07, 6.45) is 0.154. The van der Waals surface area contributed by atoms with Crippen LogP contribution in [0.5, 0.6) is 11.5 Å². The number of benzene rings is 2. The molecule has 0 fully saturated rings. The smallest absolute Gasteiger partial charge is 0.162 e. The maximum Gasteiger partial charge on any atom is 0.162 e. The van der Waals surface area contributed by atoms with Gasteiger partial charge >= 0.3 is 0 Å². The molecule has 0 bridgehead atoms. The van der Waals surface area contributed by atoms with Crippen LogP contribution < -0.4 is 10.5 Å². The molecule has 0 aliphatic heterocycles. The molecule has 2 N–H and O–H groups in total. The fourth-order valence-corrected chi connectivity index (χ4v) is 1.56. The molecule has 0 saturated heterocycles. The molecule has 3 nitrogen and oxygen atoms in total. The van der Waals surface area contributed by atoms with Crippen molar-refractivity contribution >= 4 is 5.69 Å². The fourth-order valence-electron chi connectivity index (χ4n) is 1.56. The molecule has 2 aromatic carbocycles. The quantitative estimate of drug-likeness (QED) is 0.860. The molecule has 0 saturated carbocycles. The Labute approximate surface area is 108 Å². The number of nitriles is 1. The zero-order valence-electron chi connectivity index (χ0n) is 9.86. The van der Waals surface area contributed by atoms with Crippen molar-refractivity contribution in [1.82, 2.24) is 0 Å². The van der Waals surface area contributed by atoms with Crippen molar-refractivity contribution in [1.29, 1.82) is 5.26 Å². The van der Waals surface area contributed by atoms with Crippen LogP contribution in [0, 0.1) is 23.0 Å². The third-order valence-corrected chi connectivity index (χ3v) is 2.51. The minimum atomic E-state index is -0.981. The number of hydrogen-bond donors (Lipinski definition) is 1. The van der Waals surface area contributed by atoms with Gasteiger partial charge in [0.1, 0.15) is 11.5 Å². The molecule has 2 aromatic rings. The van der Waals surface area contributed by atoms with Gasteiger partial charge in [0.25, 0.3) is 0 Å². The number of nitrogens with two attached hydrogens (primary N) is 1. The molecule has 0 aromatic heterocycles. The van der Waals surface area contributed by atoms with E-state index in [0.29, 0.717) is 17.0 Å². The number of rotatable bonds is 3. The lowest BCUT2D eigenvalue weighted by molar-refractivity contribution is 0.461. The van der Waals surface area contributed by atoms with E-state index in [1.54, 1.807) is 18.2 Å². The lowest BCUT2D eigenvalue weighted by Crippen LogP contribution is -1.95. The normalized spacial score (nSPS) is 9.95. The van der Waals surface area contributed by atoms with Crippen molar-refractivity contribution < 1.29 is 13.5 Å². The molecule has 0 amide bonds. The van der Waals surface area contributed by atoms with E-state index in [1.807, 2.05) is 6.07 Å². The number of ether oxygens (including phenoxy) is 1. The van der Waals surface area contributed by atoms with Crippen molar-refractivity contribution in [2.75, 3.05) is 5.73 Å². The average molecular weight is 260 g/mol. The Morgan fingerprint density at radius 3 is 2.42 bits per heavy atom. The lowest BCUT2D eigenvalue weighted by atomic mass is 10.1. The van der Waals surface area contributed by atoms with Gasteiger partial charge in [0, 0.05) is 11.8 Å². The van der Waals surface area contributed by atoms with Gasteiger partial charge in [-0.3, -0.25) is 0 Å². The summed E-state index contributed by atoms with van der Waals surface area (Å²) in [5, 5.41) is 8.65. The number of nitrogen functional groups attached to an aromatic ring is 1. The maximum atomic E-state index is 13.0. The van der Waals surface area contributed by atoms with Gasteiger partial charge in [-0.2, -0.15) is 5.26 Å². The second kappa shape index (κ2) is 5.36. The molecule has 19 heavy (non-hydrogen) atoms. The third kappa shape index (κ3) is 2.99. The fraction of sp³-hybridized carbons (Fsp3) is 0.0714. The minimum Gasteiger partial charge on any atom is -0.457 e. The van der Waals surface area contributed by atoms with E-state index < -0.39 is 11.6 Å². The SMILES string of the molecule is N#CCc1cc(Oc2ccc(F)c(F)c2)ccc1N. The monoisotopic (exact) mass is 260 g/mol. The van der Waals surface area contributed by atoms with Crippen LogP contribution in [0.15, 0.2) is 36.4 Å². The van der Waals surface area contributed by atoms with E-state index >= 15 is 0 Å². The molecule has 0 heterocycles. The van der Waals surface area contributed by atoms with E-state index in [-0.39, 0.29) is 12.2 Å². The summed E-state index contributed by atoms with van der Waals surface area (Å²) in [6, 6.07) is 10.0. The van der Waals surface area contributed by atoms with E-state index in [0.717, 1.165) is 12.1 Å². The van der Waals surface area contributed by atoms with Crippen LogP contribution in [-0.4, -0.2) is 0 Å². The lowest BCUT2D eigenvalue weighted by Gasteiger charge is -2.08.